The highest BCUT2D eigenvalue weighted by Gasteiger charge is 2.41. The predicted octanol–water partition coefficient (Wildman–Crippen LogP) is 2.31. The molecule has 2 atom stereocenters. The van der Waals surface area contributed by atoms with Crippen LogP contribution in [0.3, 0.4) is 0 Å². The van der Waals surface area contributed by atoms with Gasteiger partial charge in [0, 0.05) is 51.5 Å². The van der Waals surface area contributed by atoms with Gasteiger partial charge in [0.05, 0.1) is 0 Å². The molecule has 5 heteroatoms. The molecule has 2 saturated heterocycles. The van der Waals surface area contributed by atoms with Gasteiger partial charge in [-0.2, -0.15) is 0 Å². The van der Waals surface area contributed by atoms with Crippen molar-refractivity contribution in [2.45, 2.75) is 19.4 Å². The lowest BCUT2D eigenvalue weighted by molar-refractivity contribution is -0.130. The molecule has 0 aliphatic carbocycles. The number of hydrogen-bond donors (Lipinski definition) is 1. The molecule has 0 radical (unpaired) electrons. The van der Waals surface area contributed by atoms with Gasteiger partial charge >= 0.3 is 0 Å². The van der Waals surface area contributed by atoms with Crippen LogP contribution in [0, 0.1) is 11.8 Å². The van der Waals surface area contributed by atoms with Crippen molar-refractivity contribution in [2.75, 3.05) is 26.2 Å². The summed E-state index contributed by atoms with van der Waals surface area (Å²) in [5.74, 6) is 1.77. The van der Waals surface area contributed by atoms with Gasteiger partial charge in [0.15, 0.2) is 0 Å². The first-order chi connectivity index (χ1) is 12.7. The molecule has 0 spiro atoms. The molecule has 1 amide bonds. The Morgan fingerprint density at radius 1 is 1.04 bits per heavy atom. The summed E-state index contributed by atoms with van der Waals surface area (Å²) in [4.78, 5) is 21.2. The molecule has 1 N–H and O–H groups in total. The summed E-state index contributed by atoms with van der Waals surface area (Å²) in [7, 11) is 0. The monoisotopic (exact) mass is 351 g/mol. The fourth-order valence-electron chi connectivity index (χ4n) is 4.24. The van der Waals surface area contributed by atoms with E-state index in [1.165, 1.54) is 5.56 Å². The molecule has 0 saturated carbocycles. The van der Waals surface area contributed by atoms with E-state index in [1.54, 1.807) is 18.3 Å². The molecule has 3 heterocycles. The number of carbonyl (C=O) groups is 1. The fourth-order valence-corrected chi connectivity index (χ4v) is 4.24. The van der Waals surface area contributed by atoms with Gasteiger partial charge in [0.2, 0.25) is 5.91 Å². The van der Waals surface area contributed by atoms with Gasteiger partial charge in [-0.3, -0.25) is 14.7 Å². The van der Waals surface area contributed by atoms with E-state index < -0.39 is 0 Å². The lowest BCUT2D eigenvalue weighted by Crippen LogP contribution is -2.33. The Balaban J connectivity index is 1.25. The van der Waals surface area contributed by atoms with Gasteiger partial charge in [0.1, 0.15) is 5.75 Å². The molecule has 2 aliphatic heterocycles. The largest absolute Gasteiger partial charge is 0.508 e. The van der Waals surface area contributed by atoms with Crippen molar-refractivity contribution in [1.82, 2.24) is 14.8 Å². The van der Waals surface area contributed by atoms with E-state index in [-0.39, 0.29) is 5.91 Å². The minimum atomic E-state index is 0.272. The molecule has 5 nitrogen and oxygen atoms in total. The molecule has 2 aliphatic rings. The first-order valence-corrected chi connectivity index (χ1v) is 9.34. The molecule has 26 heavy (non-hydrogen) atoms. The Morgan fingerprint density at radius 3 is 2.42 bits per heavy atom. The second-order valence-electron chi connectivity index (χ2n) is 7.54. The van der Waals surface area contributed by atoms with Crippen LogP contribution in [0.1, 0.15) is 17.5 Å². The van der Waals surface area contributed by atoms with Crippen LogP contribution >= 0.6 is 0 Å². The number of likely N-dealkylation sites (tertiary alicyclic amines) is 2. The highest BCUT2D eigenvalue weighted by molar-refractivity contribution is 5.76. The number of aryl methyl sites for hydroxylation is 1. The topological polar surface area (TPSA) is 56.7 Å². The van der Waals surface area contributed by atoms with Crippen LogP contribution in [0.25, 0.3) is 0 Å². The third-order valence-electron chi connectivity index (χ3n) is 5.61. The Labute approximate surface area is 154 Å². The van der Waals surface area contributed by atoms with Crippen molar-refractivity contribution in [1.29, 1.82) is 0 Å². The van der Waals surface area contributed by atoms with Crippen molar-refractivity contribution >= 4 is 5.91 Å². The highest BCUT2D eigenvalue weighted by atomic mass is 16.3. The maximum atomic E-state index is 12.5. The molecule has 2 unspecified atom stereocenters. The van der Waals surface area contributed by atoms with Crippen LogP contribution in [0.4, 0.5) is 0 Å². The summed E-state index contributed by atoms with van der Waals surface area (Å²) in [5.41, 5.74) is 2.35. The molecular weight excluding hydrogens is 326 g/mol. The van der Waals surface area contributed by atoms with E-state index in [1.807, 2.05) is 30.5 Å². The molecule has 2 aromatic rings. The highest BCUT2D eigenvalue weighted by Crippen LogP contribution is 2.32. The van der Waals surface area contributed by atoms with Crippen LogP contribution in [-0.4, -0.2) is 52.0 Å². The van der Waals surface area contributed by atoms with E-state index in [0.717, 1.165) is 44.7 Å². The van der Waals surface area contributed by atoms with Crippen LogP contribution in [0.5, 0.6) is 5.75 Å². The quantitative estimate of drug-likeness (QED) is 0.898. The third-order valence-corrected chi connectivity index (χ3v) is 5.61. The number of aromatic nitrogens is 1. The zero-order chi connectivity index (χ0) is 17.9. The van der Waals surface area contributed by atoms with Crippen molar-refractivity contribution in [3.05, 3.63) is 59.9 Å². The summed E-state index contributed by atoms with van der Waals surface area (Å²) in [5, 5.41) is 9.39. The van der Waals surface area contributed by atoms with E-state index >= 15 is 0 Å². The van der Waals surface area contributed by atoms with E-state index in [4.69, 9.17) is 0 Å². The first-order valence-electron chi connectivity index (χ1n) is 9.34. The number of benzene rings is 1. The Morgan fingerprint density at radius 2 is 1.77 bits per heavy atom. The normalized spacial score (nSPS) is 22.5. The maximum absolute atomic E-state index is 12.5. The molecule has 1 aromatic carbocycles. The number of amides is 1. The maximum Gasteiger partial charge on any atom is 0.222 e. The number of phenolic OH excluding ortho intramolecular Hbond substituents is 1. The molecule has 2 fully saturated rings. The molecule has 1 aromatic heterocycles. The number of pyridine rings is 1. The van der Waals surface area contributed by atoms with Crippen LogP contribution in [0.2, 0.25) is 0 Å². The lowest BCUT2D eigenvalue weighted by Gasteiger charge is -2.21. The van der Waals surface area contributed by atoms with Gasteiger partial charge in [-0.15, -0.1) is 0 Å². The van der Waals surface area contributed by atoms with Crippen molar-refractivity contribution in [3.8, 4) is 5.75 Å². The lowest BCUT2D eigenvalue weighted by atomic mass is 10.0. The van der Waals surface area contributed by atoms with Crippen molar-refractivity contribution in [3.63, 3.8) is 0 Å². The molecule has 136 valence electrons. The minimum absolute atomic E-state index is 0.272. The van der Waals surface area contributed by atoms with Gasteiger partial charge in [-0.25, -0.2) is 0 Å². The summed E-state index contributed by atoms with van der Waals surface area (Å²) < 4.78 is 0. The summed E-state index contributed by atoms with van der Waals surface area (Å²) in [6.45, 7) is 4.81. The van der Waals surface area contributed by atoms with Crippen LogP contribution in [0.15, 0.2) is 48.8 Å². The minimum Gasteiger partial charge on any atom is -0.508 e. The molecular formula is C21H25N3O2. The number of carbonyl (C=O) groups excluding carboxylic acids is 1. The van der Waals surface area contributed by atoms with Crippen LogP contribution in [-0.2, 0) is 17.8 Å². The zero-order valence-corrected chi connectivity index (χ0v) is 14.9. The molecule has 0 bridgehead atoms. The van der Waals surface area contributed by atoms with Crippen molar-refractivity contribution in [2.24, 2.45) is 11.8 Å². The number of nitrogens with zero attached hydrogens (tertiary/aromatic N) is 3. The second kappa shape index (κ2) is 7.46. The predicted molar refractivity (Wildman–Crippen MR) is 99.5 cm³/mol. The van der Waals surface area contributed by atoms with E-state index in [0.29, 0.717) is 24.0 Å². The Hall–Kier alpha value is -2.40. The Bertz CT molecular complexity index is 734. The summed E-state index contributed by atoms with van der Waals surface area (Å²) in [6, 6.07) is 11.4. The van der Waals surface area contributed by atoms with E-state index in [9.17, 15) is 9.90 Å². The number of rotatable bonds is 5. The smallest absolute Gasteiger partial charge is 0.222 e. The number of hydrogen-bond acceptors (Lipinski definition) is 4. The average molecular weight is 351 g/mol. The Kier molecular flexibility index (Phi) is 4.89. The van der Waals surface area contributed by atoms with E-state index in [2.05, 4.69) is 14.8 Å². The summed E-state index contributed by atoms with van der Waals surface area (Å²) >= 11 is 0. The molecule has 4 rings (SSSR count). The fraction of sp³-hybridized carbons (Fsp3) is 0.429. The van der Waals surface area contributed by atoms with Crippen molar-refractivity contribution < 1.29 is 9.90 Å². The zero-order valence-electron chi connectivity index (χ0n) is 14.9. The SMILES string of the molecule is O=C(CCc1cccnc1)N1CC2CN(Cc3ccc(O)cc3)CC2C1. The standard InChI is InChI=1S/C21H25N3O2/c25-20-6-3-17(4-7-20)11-23-12-18-14-24(15-19(18)13-23)21(26)8-5-16-2-1-9-22-10-16/h1-4,6-7,9-10,18-19,25H,5,8,11-15H2. The summed E-state index contributed by atoms with van der Waals surface area (Å²) in [6.07, 6.45) is 4.94. The number of aromatic hydroxyl groups is 1. The van der Waals surface area contributed by atoms with Gasteiger partial charge in [-0.05, 0) is 47.6 Å². The van der Waals surface area contributed by atoms with Crippen LogP contribution < -0.4 is 0 Å². The average Bonchev–Trinajstić information content (AvgIpc) is 3.21. The van der Waals surface area contributed by atoms with Gasteiger partial charge in [-0.1, -0.05) is 18.2 Å². The number of phenols is 1. The second-order valence-corrected chi connectivity index (χ2v) is 7.54. The third kappa shape index (κ3) is 3.88. The first kappa shape index (κ1) is 17.0. The van der Waals surface area contributed by atoms with Gasteiger partial charge < -0.3 is 10.0 Å². The number of fused-ring (bicyclic) bond motifs is 1. The van der Waals surface area contributed by atoms with Gasteiger partial charge in [0.25, 0.3) is 0 Å².